The second-order valence-electron chi connectivity index (χ2n) is 4.02. The van der Waals surface area contributed by atoms with Gasteiger partial charge in [-0.2, -0.15) is 0 Å². The van der Waals surface area contributed by atoms with Gasteiger partial charge in [-0.1, -0.05) is 12.2 Å². The van der Waals surface area contributed by atoms with Gasteiger partial charge in [0, 0.05) is 18.3 Å². The van der Waals surface area contributed by atoms with E-state index in [2.05, 4.69) is 16.9 Å². The van der Waals surface area contributed by atoms with Gasteiger partial charge >= 0.3 is 5.69 Å². The number of rotatable bonds is 7. The first-order valence-corrected chi connectivity index (χ1v) is 5.58. The number of hydrogen-bond donors (Lipinski definition) is 1. The zero-order chi connectivity index (χ0) is 13.5. The molecule has 1 N–H and O–H groups in total. The van der Waals surface area contributed by atoms with Crippen molar-refractivity contribution in [3.05, 3.63) is 40.1 Å². The van der Waals surface area contributed by atoms with Crippen molar-refractivity contribution in [2.24, 2.45) is 0 Å². The van der Waals surface area contributed by atoms with Gasteiger partial charge in [-0.3, -0.25) is 10.1 Å². The van der Waals surface area contributed by atoms with Crippen molar-refractivity contribution in [3.8, 4) is 0 Å². The zero-order valence-corrected chi connectivity index (χ0v) is 10.6. The molecule has 0 aliphatic heterocycles. The molecule has 0 bridgehead atoms. The molecule has 0 unspecified atom stereocenters. The summed E-state index contributed by atoms with van der Waals surface area (Å²) in [6.07, 6.45) is 1.54. The maximum absolute atomic E-state index is 10.9. The van der Waals surface area contributed by atoms with E-state index >= 15 is 0 Å². The summed E-state index contributed by atoms with van der Waals surface area (Å²) in [5, 5.41) is 13.8. The molecular weight excluding hydrogens is 234 g/mol. The number of ether oxygens (including phenoxy) is 1. The molecule has 98 valence electrons. The summed E-state index contributed by atoms with van der Waals surface area (Å²) in [6, 6.07) is 1.61. The average Bonchev–Trinajstić information content (AvgIpc) is 2.27. The van der Waals surface area contributed by atoms with E-state index in [1.807, 2.05) is 6.92 Å². The van der Waals surface area contributed by atoms with Crippen LogP contribution in [0.4, 0.5) is 11.5 Å². The molecule has 1 aromatic rings. The molecule has 0 spiro atoms. The summed E-state index contributed by atoms with van der Waals surface area (Å²) < 4.78 is 5.29. The first-order valence-electron chi connectivity index (χ1n) is 5.58. The molecular formula is C12H17N3O3. The molecule has 0 saturated carbocycles. The molecule has 18 heavy (non-hydrogen) atoms. The Balaban J connectivity index is 2.54. The number of nitrogens with one attached hydrogen (secondary N) is 1. The van der Waals surface area contributed by atoms with Gasteiger partial charge in [0.1, 0.15) is 0 Å². The molecule has 1 heterocycles. The largest absolute Gasteiger partial charge is 0.375 e. The van der Waals surface area contributed by atoms with Crippen LogP contribution in [0.2, 0.25) is 0 Å². The third kappa shape index (κ3) is 4.14. The minimum Gasteiger partial charge on any atom is -0.375 e. The van der Waals surface area contributed by atoms with E-state index in [0.717, 1.165) is 5.57 Å². The van der Waals surface area contributed by atoms with Crippen molar-refractivity contribution < 1.29 is 9.66 Å². The normalized spacial score (nSPS) is 10.1. The monoisotopic (exact) mass is 251 g/mol. The van der Waals surface area contributed by atoms with Gasteiger partial charge in [0.05, 0.1) is 18.1 Å². The Labute approximate surface area is 106 Å². The molecule has 0 amide bonds. The minimum absolute atomic E-state index is 0.0115. The minimum atomic E-state index is -0.431. The topological polar surface area (TPSA) is 77.3 Å². The lowest BCUT2D eigenvalue weighted by Crippen LogP contribution is -2.12. The number of aryl methyl sites for hydroxylation is 1. The Bertz CT molecular complexity index is 446. The molecule has 0 aliphatic carbocycles. The molecule has 0 aliphatic rings. The van der Waals surface area contributed by atoms with Gasteiger partial charge in [0.15, 0.2) is 0 Å². The summed E-state index contributed by atoms with van der Waals surface area (Å²) in [4.78, 5) is 14.4. The molecule has 0 fully saturated rings. The van der Waals surface area contributed by atoms with Crippen LogP contribution >= 0.6 is 0 Å². The van der Waals surface area contributed by atoms with E-state index in [0.29, 0.717) is 25.3 Å². The van der Waals surface area contributed by atoms with Crippen LogP contribution in [0.5, 0.6) is 0 Å². The summed E-state index contributed by atoms with van der Waals surface area (Å²) in [6.45, 7) is 8.67. The molecule has 1 rings (SSSR count). The highest BCUT2D eigenvalue weighted by molar-refractivity contribution is 5.59. The second kappa shape index (κ2) is 6.70. The van der Waals surface area contributed by atoms with Gasteiger partial charge in [-0.05, 0) is 19.9 Å². The van der Waals surface area contributed by atoms with Gasteiger partial charge in [-0.25, -0.2) is 4.98 Å². The van der Waals surface area contributed by atoms with E-state index in [-0.39, 0.29) is 11.5 Å². The standard InChI is InChI=1S/C12H17N3O3/c1-9(2)8-18-7-6-14-12-11(15(16)17)10(3)4-5-13-12/h4-5H,1,6-8H2,2-3H3,(H,13,14). The van der Waals surface area contributed by atoms with Crippen molar-refractivity contribution in [1.82, 2.24) is 4.98 Å². The second-order valence-corrected chi connectivity index (χ2v) is 4.02. The molecule has 0 atom stereocenters. The molecule has 0 radical (unpaired) electrons. The van der Waals surface area contributed by atoms with Crippen LogP contribution in [0.25, 0.3) is 0 Å². The van der Waals surface area contributed by atoms with Crippen molar-refractivity contribution in [2.75, 3.05) is 25.1 Å². The first kappa shape index (κ1) is 14.1. The number of hydrogen-bond acceptors (Lipinski definition) is 5. The van der Waals surface area contributed by atoms with Gasteiger partial charge < -0.3 is 10.1 Å². The summed E-state index contributed by atoms with van der Waals surface area (Å²) in [5.74, 6) is 0.277. The van der Waals surface area contributed by atoms with E-state index in [9.17, 15) is 10.1 Å². The summed E-state index contributed by atoms with van der Waals surface area (Å²) >= 11 is 0. The number of nitro groups is 1. The number of nitrogens with zero attached hydrogens (tertiary/aromatic N) is 2. The van der Waals surface area contributed by atoms with Crippen LogP contribution in [0.1, 0.15) is 12.5 Å². The maximum Gasteiger partial charge on any atom is 0.314 e. The van der Waals surface area contributed by atoms with Crippen molar-refractivity contribution in [3.63, 3.8) is 0 Å². The SMILES string of the molecule is C=C(C)COCCNc1nccc(C)c1[N+](=O)[O-]. The fourth-order valence-electron chi connectivity index (χ4n) is 1.40. The average molecular weight is 251 g/mol. The van der Waals surface area contributed by atoms with Gasteiger partial charge in [-0.15, -0.1) is 0 Å². The fourth-order valence-corrected chi connectivity index (χ4v) is 1.40. The predicted octanol–water partition coefficient (Wildman–Crippen LogP) is 2.30. The Morgan fingerprint density at radius 1 is 1.67 bits per heavy atom. The van der Waals surface area contributed by atoms with Crippen LogP contribution in [-0.2, 0) is 4.74 Å². The quantitative estimate of drug-likeness (QED) is 0.348. The fraction of sp³-hybridized carbons (Fsp3) is 0.417. The van der Waals surface area contributed by atoms with Crippen LogP contribution in [0.3, 0.4) is 0 Å². The van der Waals surface area contributed by atoms with Crippen LogP contribution in [0.15, 0.2) is 24.4 Å². The lowest BCUT2D eigenvalue weighted by molar-refractivity contribution is -0.384. The predicted molar refractivity (Wildman–Crippen MR) is 69.8 cm³/mol. The molecule has 0 aromatic carbocycles. The van der Waals surface area contributed by atoms with Crippen LogP contribution in [-0.4, -0.2) is 29.7 Å². The number of pyridine rings is 1. The zero-order valence-electron chi connectivity index (χ0n) is 10.6. The highest BCUT2D eigenvalue weighted by atomic mass is 16.6. The molecule has 6 nitrogen and oxygen atoms in total. The third-order valence-electron chi connectivity index (χ3n) is 2.20. The van der Waals surface area contributed by atoms with E-state index in [1.54, 1.807) is 19.2 Å². The Morgan fingerprint density at radius 2 is 2.39 bits per heavy atom. The summed E-state index contributed by atoms with van der Waals surface area (Å²) in [5.41, 5.74) is 1.53. The van der Waals surface area contributed by atoms with Gasteiger partial charge in [0.25, 0.3) is 0 Å². The van der Waals surface area contributed by atoms with Crippen molar-refractivity contribution >= 4 is 11.5 Å². The summed E-state index contributed by atoms with van der Waals surface area (Å²) in [7, 11) is 0. The van der Waals surface area contributed by atoms with Gasteiger partial charge in [0.2, 0.25) is 5.82 Å². The molecule has 0 saturated heterocycles. The first-order chi connectivity index (χ1) is 8.52. The Kier molecular flexibility index (Phi) is 5.26. The van der Waals surface area contributed by atoms with Crippen molar-refractivity contribution in [1.29, 1.82) is 0 Å². The molecule has 1 aromatic heterocycles. The third-order valence-corrected chi connectivity index (χ3v) is 2.20. The lowest BCUT2D eigenvalue weighted by Gasteiger charge is -2.08. The molecule has 6 heteroatoms. The number of aromatic nitrogens is 1. The van der Waals surface area contributed by atoms with E-state index < -0.39 is 4.92 Å². The van der Waals surface area contributed by atoms with Crippen molar-refractivity contribution in [2.45, 2.75) is 13.8 Å². The lowest BCUT2D eigenvalue weighted by atomic mass is 10.2. The van der Waals surface area contributed by atoms with Crippen LogP contribution in [0, 0.1) is 17.0 Å². The Morgan fingerprint density at radius 3 is 3.00 bits per heavy atom. The van der Waals surface area contributed by atoms with E-state index in [4.69, 9.17) is 4.74 Å². The highest BCUT2D eigenvalue weighted by Crippen LogP contribution is 2.24. The Hall–Kier alpha value is -1.95. The van der Waals surface area contributed by atoms with Crippen LogP contribution < -0.4 is 5.32 Å². The number of anilines is 1. The maximum atomic E-state index is 10.9. The van der Waals surface area contributed by atoms with E-state index in [1.165, 1.54) is 0 Å². The highest BCUT2D eigenvalue weighted by Gasteiger charge is 2.17. The smallest absolute Gasteiger partial charge is 0.314 e.